The molecule has 1 unspecified atom stereocenters. The molecular formula is C8H12N4S. The molecule has 0 aliphatic carbocycles. The number of anilines is 1. The number of hydrogen-bond acceptors (Lipinski definition) is 5. The quantitative estimate of drug-likeness (QED) is 0.652. The van der Waals surface area contributed by atoms with Crippen LogP contribution in [0.5, 0.6) is 0 Å². The average Bonchev–Trinajstić information content (AvgIpc) is 2.75. The highest BCUT2D eigenvalue weighted by Gasteiger charge is 2.42. The van der Waals surface area contributed by atoms with Crippen LogP contribution in [0.2, 0.25) is 0 Å². The van der Waals surface area contributed by atoms with E-state index in [-0.39, 0.29) is 0 Å². The van der Waals surface area contributed by atoms with Crippen LogP contribution in [0.1, 0.15) is 6.42 Å². The van der Waals surface area contributed by atoms with Crippen molar-refractivity contribution in [2.24, 2.45) is 0 Å². The second-order valence-corrected chi connectivity index (χ2v) is 4.62. The minimum absolute atomic E-state index is 0.683. The normalized spacial score (nSPS) is 33.2. The number of fused-ring (bicyclic) bond motifs is 2. The molecule has 2 aliphatic rings. The van der Waals surface area contributed by atoms with Gasteiger partial charge < -0.3 is 4.90 Å². The van der Waals surface area contributed by atoms with E-state index in [1.54, 1.807) is 6.33 Å². The first-order valence-electron chi connectivity index (χ1n) is 4.58. The molecule has 2 aliphatic heterocycles. The van der Waals surface area contributed by atoms with Gasteiger partial charge in [0.25, 0.3) is 0 Å². The van der Waals surface area contributed by atoms with Gasteiger partial charge in [0.05, 0.1) is 0 Å². The van der Waals surface area contributed by atoms with E-state index in [0.29, 0.717) is 6.04 Å². The Labute approximate surface area is 81.3 Å². The van der Waals surface area contributed by atoms with E-state index in [2.05, 4.69) is 26.2 Å². The second kappa shape index (κ2) is 2.65. The fourth-order valence-electron chi connectivity index (χ4n) is 2.39. The second-order valence-electron chi connectivity index (χ2n) is 3.86. The highest BCUT2D eigenvalue weighted by atomic mass is 32.1. The molecule has 3 heterocycles. The molecule has 0 spiro atoms. The number of nitrogens with zero attached hydrogens (tertiary/aromatic N) is 4. The number of hydrogen-bond donors (Lipinski definition) is 0. The van der Waals surface area contributed by atoms with E-state index in [1.165, 1.54) is 24.5 Å². The minimum Gasteiger partial charge on any atom is -0.341 e. The molecule has 2 saturated heterocycles. The first-order valence-corrected chi connectivity index (χ1v) is 5.35. The first-order chi connectivity index (χ1) is 6.34. The predicted octanol–water partition coefficient (Wildman–Crippen LogP) is 0.431. The van der Waals surface area contributed by atoms with Crippen LogP contribution in [0.25, 0.3) is 0 Å². The van der Waals surface area contributed by atoms with E-state index in [0.717, 1.165) is 17.7 Å². The number of likely N-dealkylation sites (N-methyl/N-ethyl adjacent to an activating group) is 1. The van der Waals surface area contributed by atoms with E-state index in [1.807, 2.05) is 0 Å². The summed E-state index contributed by atoms with van der Waals surface area (Å²) in [4.78, 5) is 9.11. The predicted molar refractivity (Wildman–Crippen MR) is 52.1 cm³/mol. The van der Waals surface area contributed by atoms with Gasteiger partial charge in [-0.05, 0) is 13.5 Å². The lowest BCUT2D eigenvalue weighted by Gasteiger charge is -2.31. The fourth-order valence-corrected chi connectivity index (χ4v) is 3.01. The van der Waals surface area contributed by atoms with Crippen molar-refractivity contribution in [2.75, 3.05) is 25.0 Å². The maximum atomic E-state index is 4.26. The number of likely N-dealkylation sites (tertiary alicyclic amines) is 1. The molecule has 70 valence electrons. The van der Waals surface area contributed by atoms with Gasteiger partial charge in [0.1, 0.15) is 6.33 Å². The summed E-state index contributed by atoms with van der Waals surface area (Å²) in [6, 6.07) is 1.43. The molecule has 2 bridgehead atoms. The van der Waals surface area contributed by atoms with Crippen LogP contribution in [0, 0.1) is 0 Å². The maximum Gasteiger partial charge on any atom is 0.205 e. The van der Waals surface area contributed by atoms with E-state index < -0.39 is 0 Å². The SMILES string of the molecule is CN1CC2C[C@H]1CN2c1ncns1. The van der Waals surface area contributed by atoms with Crippen molar-refractivity contribution in [1.29, 1.82) is 0 Å². The molecule has 2 fully saturated rings. The number of rotatable bonds is 1. The van der Waals surface area contributed by atoms with Crippen LogP contribution in [0.3, 0.4) is 0 Å². The van der Waals surface area contributed by atoms with Crippen LogP contribution in [-0.4, -0.2) is 46.5 Å². The zero-order valence-electron chi connectivity index (χ0n) is 7.55. The van der Waals surface area contributed by atoms with Gasteiger partial charge in [-0.2, -0.15) is 4.37 Å². The van der Waals surface area contributed by atoms with Crippen molar-refractivity contribution >= 4 is 16.7 Å². The molecule has 1 aromatic rings. The molecule has 1 aromatic heterocycles. The topological polar surface area (TPSA) is 32.3 Å². The molecule has 3 rings (SSSR count). The van der Waals surface area contributed by atoms with Gasteiger partial charge in [-0.15, -0.1) is 0 Å². The van der Waals surface area contributed by atoms with Crippen molar-refractivity contribution < 1.29 is 0 Å². The Hall–Kier alpha value is -0.680. The van der Waals surface area contributed by atoms with Gasteiger partial charge >= 0.3 is 0 Å². The monoisotopic (exact) mass is 196 g/mol. The van der Waals surface area contributed by atoms with Gasteiger partial charge in [0, 0.05) is 36.7 Å². The van der Waals surface area contributed by atoms with E-state index >= 15 is 0 Å². The highest BCUT2D eigenvalue weighted by molar-refractivity contribution is 7.09. The Kier molecular flexibility index (Phi) is 1.57. The molecule has 0 aromatic carbocycles. The van der Waals surface area contributed by atoms with Crippen LogP contribution < -0.4 is 4.90 Å². The summed E-state index contributed by atoms with van der Waals surface area (Å²) in [7, 11) is 2.21. The Balaban J connectivity index is 1.84. The Bertz CT molecular complexity index is 297. The zero-order chi connectivity index (χ0) is 8.84. The third kappa shape index (κ3) is 1.07. The standard InChI is InChI=1S/C8H12N4S/c1-11-3-7-2-6(11)4-12(7)8-9-5-10-13-8/h5-7H,2-4H2,1H3/t6-,7?/m0/s1. The van der Waals surface area contributed by atoms with Crippen LogP contribution >= 0.6 is 11.5 Å². The first kappa shape index (κ1) is 7.70. The molecule has 0 saturated carbocycles. The summed E-state index contributed by atoms with van der Waals surface area (Å²) in [6.07, 6.45) is 2.95. The van der Waals surface area contributed by atoms with Crippen molar-refractivity contribution in [3.05, 3.63) is 6.33 Å². The Morgan fingerprint density at radius 1 is 1.46 bits per heavy atom. The summed E-state index contributed by atoms with van der Waals surface area (Å²) < 4.78 is 4.04. The van der Waals surface area contributed by atoms with Crippen LogP contribution in [-0.2, 0) is 0 Å². The summed E-state index contributed by atoms with van der Waals surface area (Å²) >= 11 is 1.51. The van der Waals surface area contributed by atoms with Crippen LogP contribution in [0.4, 0.5) is 5.13 Å². The summed E-state index contributed by atoms with van der Waals surface area (Å²) in [5.41, 5.74) is 0. The number of aromatic nitrogens is 2. The average molecular weight is 196 g/mol. The summed E-state index contributed by atoms with van der Waals surface area (Å²) in [5.74, 6) is 0. The third-order valence-corrected chi connectivity index (χ3v) is 3.81. The van der Waals surface area contributed by atoms with Gasteiger partial charge in [-0.3, -0.25) is 4.90 Å². The van der Waals surface area contributed by atoms with E-state index in [9.17, 15) is 0 Å². The largest absolute Gasteiger partial charge is 0.341 e. The van der Waals surface area contributed by atoms with Gasteiger partial charge in [-0.1, -0.05) is 0 Å². The molecular weight excluding hydrogens is 184 g/mol. The van der Waals surface area contributed by atoms with Gasteiger partial charge in [0.2, 0.25) is 5.13 Å². The summed E-state index contributed by atoms with van der Waals surface area (Å²) in [5, 5.41) is 1.10. The van der Waals surface area contributed by atoms with Crippen LogP contribution in [0.15, 0.2) is 6.33 Å². The molecule has 4 nitrogen and oxygen atoms in total. The lowest BCUT2D eigenvalue weighted by molar-refractivity contribution is 0.292. The molecule has 0 N–H and O–H groups in total. The third-order valence-electron chi connectivity index (χ3n) is 3.11. The van der Waals surface area contributed by atoms with Crippen molar-refractivity contribution in [3.63, 3.8) is 0 Å². The van der Waals surface area contributed by atoms with Crippen molar-refractivity contribution in [1.82, 2.24) is 14.3 Å². The fraction of sp³-hybridized carbons (Fsp3) is 0.750. The molecule has 0 radical (unpaired) electrons. The maximum absolute atomic E-state index is 4.26. The van der Waals surface area contributed by atoms with Crippen molar-refractivity contribution in [2.45, 2.75) is 18.5 Å². The van der Waals surface area contributed by atoms with E-state index in [4.69, 9.17) is 0 Å². The molecule has 2 atom stereocenters. The molecule has 0 amide bonds. The molecule has 13 heavy (non-hydrogen) atoms. The lowest BCUT2D eigenvalue weighted by Crippen LogP contribution is -2.44. The zero-order valence-corrected chi connectivity index (χ0v) is 8.37. The number of piperazine rings is 1. The van der Waals surface area contributed by atoms with Gasteiger partial charge in [-0.25, -0.2) is 4.98 Å². The Morgan fingerprint density at radius 3 is 2.92 bits per heavy atom. The minimum atomic E-state index is 0.683. The van der Waals surface area contributed by atoms with Crippen molar-refractivity contribution in [3.8, 4) is 0 Å². The summed E-state index contributed by atoms with van der Waals surface area (Å²) in [6.45, 7) is 2.32. The smallest absolute Gasteiger partial charge is 0.205 e. The Morgan fingerprint density at radius 2 is 2.38 bits per heavy atom. The van der Waals surface area contributed by atoms with Gasteiger partial charge in [0.15, 0.2) is 0 Å². The lowest BCUT2D eigenvalue weighted by atomic mass is 10.2. The highest BCUT2D eigenvalue weighted by Crippen LogP contribution is 2.33. The molecule has 5 heteroatoms.